The van der Waals surface area contributed by atoms with Gasteiger partial charge in [0.15, 0.2) is 11.6 Å². The summed E-state index contributed by atoms with van der Waals surface area (Å²) in [7, 11) is 0. The number of hydrogen-bond donors (Lipinski definition) is 1. The number of aromatic nitrogens is 2. The molecule has 0 aliphatic heterocycles. The Hall–Kier alpha value is -3.93. The Morgan fingerprint density at radius 2 is 1.81 bits per heavy atom. The molecule has 0 fully saturated rings. The van der Waals surface area contributed by atoms with Crippen LogP contribution in [0.25, 0.3) is 16.9 Å². The van der Waals surface area contributed by atoms with Crippen LogP contribution in [0.2, 0.25) is 0 Å². The lowest BCUT2D eigenvalue weighted by atomic mass is 10.1. The zero-order chi connectivity index (χ0) is 22.5. The quantitative estimate of drug-likeness (QED) is 0.433. The van der Waals surface area contributed by atoms with E-state index in [2.05, 4.69) is 10.4 Å². The molecule has 4 aromatic rings. The summed E-state index contributed by atoms with van der Waals surface area (Å²) >= 11 is 0. The summed E-state index contributed by atoms with van der Waals surface area (Å²) in [6.07, 6.45) is 1.86. The van der Waals surface area contributed by atoms with Gasteiger partial charge in [-0.05, 0) is 56.3 Å². The molecule has 1 N–H and O–H groups in total. The number of nitrogens with one attached hydrogen (secondary N) is 1. The topological polar surface area (TPSA) is 56.1 Å². The first-order valence-corrected chi connectivity index (χ1v) is 10.5. The van der Waals surface area contributed by atoms with Gasteiger partial charge in [-0.15, -0.1) is 0 Å². The molecule has 1 heterocycles. The van der Waals surface area contributed by atoms with Gasteiger partial charge in [0.1, 0.15) is 0 Å². The predicted octanol–water partition coefficient (Wildman–Crippen LogP) is 5.32. The summed E-state index contributed by atoms with van der Waals surface area (Å²) in [6, 6.07) is 21.8. The van der Waals surface area contributed by atoms with Crippen molar-refractivity contribution < 1.29 is 13.9 Å². The number of rotatable bonds is 7. The van der Waals surface area contributed by atoms with Gasteiger partial charge in [0.2, 0.25) is 0 Å². The number of aryl methyl sites for hydroxylation is 1. The molecular formula is C26H24FN3O2. The van der Waals surface area contributed by atoms with Crippen LogP contribution in [0.15, 0.2) is 79.0 Å². The third kappa shape index (κ3) is 4.70. The van der Waals surface area contributed by atoms with Crippen LogP contribution < -0.4 is 10.1 Å². The van der Waals surface area contributed by atoms with Crippen molar-refractivity contribution in [2.24, 2.45) is 0 Å². The number of benzene rings is 3. The molecule has 0 bridgehead atoms. The number of para-hydroxylation sites is 1. The van der Waals surface area contributed by atoms with Crippen molar-refractivity contribution in [1.82, 2.24) is 15.1 Å². The lowest BCUT2D eigenvalue weighted by Gasteiger charge is -2.08. The first kappa shape index (κ1) is 21.3. The fourth-order valence-electron chi connectivity index (χ4n) is 3.40. The first-order valence-electron chi connectivity index (χ1n) is 10.5. The van der Waals surface area contributed by atoms with Crippen molar-refractivity contribution in [3.05, 3.63) is 102 Å². The number of carbonyl (C=O) groups excluding carboxylic acids is 1. The summed E-state index contributed by atoms with van der Waals surface area (Å²) in [5.41, 5.74) is 4.53. The van der Waals surface area contributed by atoms with E-state index in [1.165, 1.54) is 6.07 Å². The Labute approximate surface area is 186 Å². The molecule has 0 aliphatic rings. The zero-order valence-corrected chi connectivity index (χ0v) is 18.0. The van der Waals surface area contributed by atoms with Crippen molar-refractivity contribution in [3.8, 4) is 22.7 Å². The molecule has 4 rings (SSSR count). The summed E-state index contributed by atoms with van der Waals surface area (Å²) in [4.78, 5) is 12.6. The Morgan fingerprint density at radius 3 is 2.50 bits per heavy atom. The molecule has 32 heavy (non-hydrogen) atoms. The second-order valence-corrected chi connectivity index (χ2v) is 7.41. The Bertz CT molecular complexity index is 1220. The highest BCUT2D eigenvalue weighted by atomic mass is 19.1. The molecule has 0 spiro atoms. The van der Waals surface area contributed by atoms with E-state index in [0.717, 1.165) is 16.8 Å². The first-order chi connectivity index (χ1) is 15.5. The van der Waals surface area contributed by atoms with Crippen molar-refractivity contribution in [3.63, 3.8) is 0 Å². The van der Waals surface area contributed by atoms with Crippen LogP contribution in [0.5, 0.6) is 5.75 Å². The van der Waals surface area contributed by atoms with Gasteiger partial charge >= 0.3 is 0 Å². The van der Waals surface area contributed by atoms with E-state index in [1.807, 2.05) is 62.5 Å². The van der Waals surface area contributed by atoms with E-state index >= 15 is 0 Å². The Kier molecular flexibility index (Phi) is 6.31. The van der Waals surface area contributed by atoms with Crippen molar-refractivity contribution in [2.75, 3.05) is 6.61 Å². The molecule has 1 amide bonds. The average molecular weight is 429 g/mol. The number of carbonyl (C=O) groups is 1. The summed E-state index contributed by atoms with van der Waals surface area (Å²) in [6.45, 7) is 4.42. The summed E-state index contributed by atoms with van der Waals surface area (Å²) < 4.78 is 21.6. The molecular weight excluding hydrogens is 405 g/mol. The van der Waals surface area contributed by atoms with E-state index in [1.54, 1.807) is 28.9 Å². The number of halogens is 1. The molecule has 0 saturated carbocycles. The maximum absolute atomic E-state index is 14.5. The molecule has 0 atom stereocenters. The third-order valence-electron chi connectivity index (χ3n) is 5.07. The van der Waals surface area contributed by atoms with Crippen LogP contribution >= 0.6 is 0 Å². The minimum absolute atomic E-state index is 0.179. The van der Waals surface area contributed by atoms with Crippen molar-refractivity contribution >= 4 is 5.91 Å². The monoisotopic (exact) mass is 429 g/mol. The highest BCUT2D eigenvalue weighted by Gasteiger charge is 2.16. The molecule has 5 nitrogen and oxygen atoms in total. The van der Waals surface area contributed by atoms with Gasteiger partial charge in [-0.3, -0.25) is 4.79 Å². The maximum Gasteiger partial charge on any atom is 0.251 e. The highest BCUT2D eigenvalue weighted by Crippen LogP contribution is 2.28. The number of nitrogens with zero attached hydrogens (tertiary/aromatic N) is 2. The fourth-order valence-corrected chi connectivity index (χ4v) is 3.40. The fraction of sp³-hybridized carbons (Fsp3) is 0.154. The van der Waals surface area contributed by atoms with E-state index in [-0.39, 0.29) is 18.2 Å². The smallest absolute Gasteiger partial charge is 0.251 e. The highest BCUT2D eigenvalue weighted by molar-refractivity contribution is 5.94. The van der Waals surface area contributed by atoms with Crippen LogP contribution in [-0.4, -0.2) is 22.3 Å². The number of ether oxygens (including phenoxy) is 1. The second-order valence-electron chi connectivity index (χ2n) is 7.41. The lowest BCUT2D eigenvalue weighted by molar-refractivity contribution is 0.0951. The molecule has 0 unspecified atom stereocenters. The van der Waals surface area contributed by atoms with Gasteiger partial charge in [0.05, 0.1) is 18.0 Å². The Balaban J connectivity index is 1.65. The van der Waals surface area contributed by atoms with Gasteiger partial charge in [-0.25, -0.2) is 9.07 Å². The molecule has 0 aliphatic carbocycles. The van der Waals surface area contributed by atoms with Gasteiger partial charge in [0, 0.05) is 29.4 Å². The van der Waals surface area contributed by atoms with Crippen LogP contribution in [0.3, 0.4) is 0 Å². The van der Waals surface area contributed by atoms with Gasteiger partial charge in [-0.2, -0.15) is 5.10 Å². The molecule has 162 valence electrons. The lowest BCUT2D eigenvalue weighted by Crippen LogP contribution is -2.22. The average Bonchev–Trinajstić information content (AvgIpc) is 3.24. The molecule has 6 heteroatoms. The van der Waals surface area contributed by atoms with Crippen molar-refractivity contribution in [1.29, 1.82) is 0 Å². The largest absolute Gasteiger partial charge is 0.491 e. The van der Waals surface area contributed by atoms with Crippen LogP contribution in [0.4, 0.5) is 4.39 Å². The van der Waals surface area contributed by atoms with Crippen LogP contribution in [0.1, 0.15) is 28.4 Å². The van der Waals surface area contributed by atoms with E-state index in [4.69, 9.17) is 4.74 Å². The predicted molar refractivity (Wildman–Crippen MR) is 122 cm³/mol. The minimum Gasteiger partial charge on any atom is -0.491 e. The summed E-state index contributed by atoms with van der Waals surface area (Å²) in [5.74, 6) is -0.428. The van der Waals surface area contributed by atoms with Crippen molar-refractivity contribution in [2.45, 2.75) is 20.4 Å². The van der Waals surface area contributed by atoms with E-state index < -0.39 is 5.82 Å². The number of amides is 1. The molecule has 1 aromatic heterocycles. The van der Waals surface area contributed by atoms with Gasteiger partial charge < -0.3 is 10.1 Å². The van der Waals surface area contributed by atoms with Crippen LogP contribution in [-0.2, 0) is 6.54 Å². The summed E-state index contributed by atoms with van der Waals surface area (Å²) in [5, 5.41) is 7.63. The second kappa shape index (κ2) is 9.47. The zero-order valence-electron chi connectivity index (χ0n) is 18.0. The minimum atomic E-state index is -0.451. The third-order valence-corrected chi connectivity index (χ3v) is 5.07. The SMILES string of the molecule is CCOc1ccc(-c2nn(-c3ccccc3)cc2CNC(=O)c2ccc(C)cc2)cc1F. The maximum atomic E-state index is 14.5. The van der Waals surface area contributed by atoms with E-state index in [0.29, 0.717) is 23.4 Å². The van der Waals surface area contributed by atoms with Gasteiger partial charge in [0.25, 0.3) is 5.91 Å². The molecule has 0 radical (unpaired) electrons. The van der Waals surface area contributed by atoms with Crippen LogP contribution in [0, 0.1) is 12.7 Å². The number of hydrogen-bond acceptors (Lipinski definition) is 3. The normalized spacial score (nSPS) is 10.7. The van der Waals surface area contributed by atoms with E-state index in [9.17, 15) is 9.18 Å². The standard InChI is InChI=1S/C26H24FN3O2/c1-3-32-24-14-13-20(15-23(24)27)25-21(17-30(29-25)22-7-5-4-6-8-22)16-28-26(31)19-11-9-18(2)10-12-19/h4-15,17H,3,16H2,1-2H3,(H,28,31). The Morgan fingerprint density at radius 1 is 1.06 bits per heavy atom. The molecule has 0 saturated heterocycles. The molecule has 3 aromatic carbocycles. The van der Waals surface area contributed by atoms with Gasteiger partial charge in [-0.1, -0.05) is 35.9 Å².